The van der Waals surface area contributed by atoms with E-state index in [1.54, 1.807) is 13.8 Å². The van der Waals surface area contributed by atoms with Crippen LogP contribution in [0.2, 0.25) is 0 Å². The summed E-state index contributed by atoms with van der Waals surface area (Å²) in [5.41, 5.74) is 1.15. The highest BCUT2D eigenvalue weighted by Gasteiger charge is 2.28. The van der Waals surface area contributed by atoms with Gasteiger partial charge in [-0.3, -0.25) is 9.59 Å². The number of esters is 2. The minimum atomic E-state index is -0.839. The second-order valence-corrected chi connectivity index (χ2v) is 5.22. The Labute approximate surface area is 137 Å². The van der Waals surface area contributed by atoms with Crippen LogP contribution >= 0.6 is 0 Å². The molecule has 5 heteroatoms. The average Bonchev–Trinajstić information content (AvgIpc) is 2.51. The van der Waals surface area contributed by atoms with Crippen LogP contribution in [-0.4, -0.2) is 31.8 Å². The molecule has 0 aliphatic rings. The van der Waals surface area contributed by atoms with Crippen molar-refractivity contribution in [1.82, 2.24) is 0 Å². The van der Waals surface area contributed by atoms with Gasteiger partial charge in [0.15, 0.2) is 5.92 Å². The van der Waals surface area contributed by atoms with Crippen molar-refractivity contribution in [1.29, 1.82) is 0 Å². The first-order chi connectivity index (χ1) is 11.1. The average molecular weight is 322 g/mol. The molecule has 0 saturated heterocycles. The first-order valence-corrected chi connectivity index (χ1v) is 8.11. The molecule has 1 aromatic rings. The van der Waals surface area contributed by atoms with Crippen molar-refractivity contribution in [2.75, 3.05) is 19.8 Å². The number of hydrogen-bond acceptors (Lipinski definition) is 5. The van der Waals surface area contributed by atoms with Crippen LogP contribution in [0.15, 0.2) is 24.3 Å². The van der Waals surface area contributed by atoms with E-state index < -0.39 is 17.9 Å². The van der Waals surface area contributed by atoms with Crippen LogP contribution in [0.25, 0.3) is 0 Å². The first kappa shape index (κ1) is 19.0. The summed E-state index contributed by atoms with van der Waals surface area (Å²) in [5.74, 6) is -1.03. The number of carbonyl (C=O) groups excluding carboxylic acids is 2. The van der Waals surface area contributed by atoms with Crippen molar-refractivity contribution >= 4 is 11.9 Å². The second-order valence-electron chi connectivity index (χ2n) is 5.22. The molecule has 128 valence electrons. The zero-order chi connectivity index (χ0) is 17.1. The van der Waals surface area contributed by atoms with Crippen LogP contribution < -0.4 is 4.74 Å². The zero-order valence-corrected chi connectivity index (χ0v) is 14.2. The summed E-state index contributed by atoms with van der Waals surface area (Å²) in [4.78, 5) is 23.7. The van der Waals surface area contributed by atoms with Gasteiger partial charge >= 0.3 is 11.9 Å². The van der Waals surface area contributed by atoms with Crippen molar-refractivity contribution in [3.8, 4) is 5.75 Å². The van der Waals surface area contributed by atoms with E-state index in [1.807, 2.05) is 31.2 Å². The highest BCUT2D eigenvalue weighted by molar-refractivity contribution is 5.94. The SMILES string of the molecule is CCOC(=O)C(CCCCOc1cccc(C)c1)C(=O)OCC. The maximum absolute atomic E-state index is 11.8. The van der Waals surface area contributed by atoms with Gasteiger partial charge in [-0.1, -0.05) is 12.1 Å². The Bertz CT molecular complexity index is 480. The van der Waals surface area contributed by atoms with Crippen molar-refractivity contribution in [3.05, 3.63) is 29.8 Å². The summed E-state index contributed by atoms with van der Waals surface area (Å²) in [5, 5.41) is 0. The number of carbonyl (C=O) groups is 2. The Hall–Kier alpha value is -2.04. The van der Waals surface area contributed by atoms with Gasteiger partial charge in [0.25, 0.3) is 0 Å². The van der Waals surface area contributed by atoms with Crippen molar-refractivity contribution in [2.24, 2.45) is 5.92 Å². The minimum absolute atomic E-state index is 0.255. The normalized spacial score (nSPS) is 10.4. The van der Waals surface area contributed by atoms with E-state index in [-0.39, 0.29) is 13.2 Å². The molecule has 1 rings (SSSR count). The Morgan fingerprint density at radius 3 is 2.26 bits per heavy atom. The Morgan fingerprint density at radius 2 is 1.70 bits per heavy atom. The van der Waals surface area contributed by atoms with Crippen LogP contribution in [0.4, 0.5) is 0 Å². The number of benzene rings is 1. The standard InChI is InChI=1S/C18H26O5/c1-4-21-17(19)16(18(20)22-5-2)11-6-7-12-23-15-10-8-9-14(3)13-15/h8-10,13,16H,4-7,11-12H2,1-3H3. The van der Waals surface area contributed by atoms with Gasteiger partial charge in [-0.15, -0.1) is 0 Å². The van der Waals surface area contributed by atoms with Gasteiger partial charge in [-0.25, -0.2) is 0 Å². The maximum atomic E-state index is 11.8. The van der Waals surface area contributed by atoms with Gasteiger partial charge in [0.05, 0.1) is 19.8 Å². The highest BCUT2D eigenvalue weighted by atomic mass is 16.6. The lowest BCUT2D eigenvalue weighted by molar-refractivity contribution is -0.162. The summed E-state index contributed by atoms with van der Waals surface area (Å²) in [6.07, 6.45) is 1.85. The van der Waals surface area contributed by atoms with Gasteiger partial charge in [0, 0.05) is 0 Å². The molecule has 0 atom stereocenters. The quantitative estimate of drug-likeness (QED) is 0.376. The largest absolute Gasteiger partial charge is 0.494 e. The number of aryl methyl sites for hydroxylation is 1. The fraction of sp³-hybridized carbons (Fsp3) is 0.556. The second kappa shape index (κ2) is 10.6. The van der Waals surface area contributed by atoms with Crippen LogP contribution in [0.1, 0.15) is 38.7 Å². The number of rotatable bonds is 10. The highest BCUT2D eigenvalue weighted by Crippen LogP contribution is 2.15. The maximum Gasteiger partial charge on any atom is 0.320 e. The summed E-state index contributed by atoms with van der Waals surface area (Å²) in [6.45, 7) is 6.50. The molecule has 0 aromatic heterocycles. The zero-order valence-electron chi connectivity index (χ0n) is 14.2. The summed E-state index contributed by atoms with van der Waals surface area (Å²) < 4.78 is 15.5. The molecule has 0 amide bonds. The van der Waals surface area contributed by atoms with Crippen molar-refractivity contribution in [2.45, 2.75) is 40.0 Å². The van der Waals surface area contributed by atoms with Gasteiger partial charge in [-0.2, -0.15) is 0 Å². The monoisotopic (exact) mass is 322 g/mol. The predicted molar refractivity (Wildman–Crippen MR) is 87.3 cm³/mol. The van der Waals surface area contributed by atoms with E-state index in [0.29, 0.717) is 19.4 Å². The van der Waals surface area contributed by atoms with Crippen LogP contribution in [-0.2, 0) is 19.1 Å². The van der Waals surface area contributed by atoms with Crippen LogP contribution in [0, 0.1) is 12.8 Å². The third-order valence-corrected chi connectivity index (χ3v) is 3.29. The van der Waals surface area contributed by atoms with E-state index in [2.05, 4.69) is 0 Å². The Morgan fingerprint density at radius 1 is 1.04 bits per heavy atom. The minimum Gasteiger partial charge on any atom is -0.494 e. The molecule has 5 nitrogen and oxygen atoms in total. The molecule has 0 aliphatic carbocycles. The lowest BCUT2D eigenvalue weighted by Crippen LogP contribution is -2.28. The topological polar surface area (TPSA) is 61.8 Å². The van der Waals surface area contributed by atoms with Crippen LogP contribution in [0.3, 0.4) is 0 Å². The predicted octanol–water partition coefficient (Wildman–Crippen LogP) is 3.29. The number of hydrogen-bond donors (Lipinski definition) is 0. The molecule has 0 N–H and O–H groups in total. The van der Waals surface area contributed by atoms with Gasteiger partial charge in [0.1, 0.15) is 5.75 Å². The van der Waals surface area contributed by atoms with E-state index >= 15 is 0 Å². The fourth-order valence-corrected chi connectivity index (χ4v) is 2.16. The van der Waals surface area contributed by atoms with Gasteiger partial charge in [0.2, 0.25) is 0 Å². The Kier molecular flexibility index (Phi) is 8.80. The molecule has 0 heterocycles. The van der Waals surface area contributed by atoms with E-state index in [4.69, 9.17) is 14.2 Å². The third-order valence-electron chi connectivity index (χ3n) is 3.29. The lowest BCUT2D eigenvalue weighted by atomic mass is 10.0. The molecule has 0 radical (unpaired) electrons. The number of unbranched alkanes of at least 4 members (excludes halogenated alkanes) is 1. The summed E-state index contributed by atoms with van der Waals surface area (Å²) >= 11 is 0. The fourth-order valence-electron chi connectivity index (χ4n) is 2.16. The van der Waals surface area contributed by atoms with E-state index in [1.165, 1.54) is 0 Å². The Balaban J connectivity index is 2.36. The van der Waals surface area contributed by atoms with E-state index in [9.17, 15) is 9.59 Å². The molecule has 0 unspecified atom stereocenters. The molecule has 0 saturated carbocycles. The van der Waals surface area contributed by atoms with Crippen molar-refractivity contribution < 1.29 is 23.8 Å². The summed E-state index contributed by atoms with van der Waals surface area (Å²) in [6, 6.07) is 7.84. The number of ether oxygens (including phenoxy) is 3. The molecule has 0 fully saturated rings. The summed E-state index contributed by atoms with van der Waals surface area (Å²) in [7, 11) is 0. The molecular weight excluding hydrogens is 296 g/mol. The smallest absolute Gasteiger partial charge is 0.320 e. The van der Waals surface area contributed by atoms with E-state index in [0.717, 1.165) is 17.7 Å². The van der Waals surface area contributed by atoms with Gasteiger partial charge < -0.3 is 14.2 Å². The first-order valence-electron chi connectivity index (χ1n) is 8.11. The van der Waals surface area contributed by atoms with Crippen molar-refractivity contribution in [3.63, 3.8) is 0 Å². The van der Waals surface area contributed by atoms with Gasteiger partial charge in [-0.05, 0) is 57.7 Å². The lowest BCUT2D eigenvalue weighted by Gasteiger charge is -2.14. The molecule has 23 heavy (non-hydrogen) atoms. The third kappa shape index (κ3) is 7.17. The molecular formula is C18H26O5. The molecule has 0 bridgehead atoms. The molecule has 0 aliphatic heterocycles. The molecule has 0 spiro atoms. The van der Waals surface area contributed by atoms with Crippen LogP contribution in [0.5, 0.6) is 5.75 Å². The molecule has 1 aromatic carbocycles.